The second-order valence-corrected chi connectivity index (χ2v) is 6.60. The number of urea groups is 1. The van der Waals surface area contributed by atoms with Crippen molar-refractivity contribution in [2.45, 2.75) is 11.8 Å². The van der Waals surface area contributed by atoms with Crippen LogP contribution in [0.5, 0.6) is 6.01 Å². The molecule has 2 aromatic rings. The Bertz CT molecular complexity index is 894. The summed E-state index contributed by atoms with van der Waals surface area (Å²) < 4.78 is 30.7. The summed E-state index contributed by atoms with van der Waals surface area (Å²) in [7, 11) is -3.06. The van der Waals surface area contributed by atoms with Crippen LogP contribution in [0, 0.1) is 6.92 Å². The molecular weight excluding hydrogens is 362 g/mol. The number of thiophene rings is 1. The Kier molecular flexibility index (Phi) is 4.94. The van der Waals surface area contributed by atoms with Gasteiger partial charge >= 0.3 is 18.0 Å². The summed E-state index contributed by atoms with van der Waals surface area (Å²) in [4.78, 5) is 33.6. The van der Waals surface area contributed by atoms with Crippen molar-refractivity contribution < 1.29 is 27.9 Å². The number of carboxylic acids is 1. The molecule has 0 bridgehead atoms. The molecule has 3 N–H and O–H groups in total. The van der Waals surface area contributed by atoms with Crippen LogP contribution in [0.1, 0.15) is 16.2 Å². The third-order valence-corrected chi connectivity index (χ3v) is 4.77. The lowest BCUT2D eigenvalue weighted by atomic mass is 10.3. The molecule has 11 nitrogen and oxygen atoms in total. The van der Waals surface area contributed by atoms with Gasteiger partial charge in [0.2, 0.25) is 5.95 Å². The number of carboxylic acid groups (broad SMARTS) is 1. The number of hydrogen-bond donors (Lipinski definition) is 3. The lowest BCUT2D eigenvalue weighted by molar-refractivity contribution is 0.0693. The van der Waals surface area contributed by atoms with Crippen LogP contribution in [0.3, 0.4) is 0 Å². The van der Waals surface area contributed by atoms with Crippen molar-refractivity contribution >= 4 is 39.3 Å². The molecule has 0 spiro atoms. The molecule has 0 fully saturated rings. The molecule has 0 aliphatic carbocycles. The van der Waals surface area contributed by atoms with Gasteiger partial charge in [-0.1, -0.05) is 0 Å². The van der Waals surface area contributed by atoms with Crippen LogP contribution in [0.25, 0.3) is 0 Å². The first-order valence-electron chi connectivity index (χ1n) is 6.13. The summed E-state index contributed by atoms with van der Waals surface area (Å²) in [6.07, 6.45) is 0. The average Bonchev–Trinajstić information content (AvgIpc) is 2.96. The first-order valence-corrected chi connectivity index (χ1v) is 8.55. The molecule has 0 aliphatic rings. The van der Waals surface area contributed by atoms with Gasteiger partial charge in [0.05, 0.1) is 12.7 Å². The number of aromatic carboxylic acids is 1. The van der Waals surface area contributed by atoms with Crippen molar-refractivity contribution in [3.63, 3.8) is 0 Å². The molecule has 0 unspecified atom stereocenters. The fourth-order valence-corrected chi connectivity index (χ4v) is 3.83. The summed E-state index contributed by atoms with van der Waals surface area (Å²) in [5.74, 6) is -1.41. The second kappa shape index (κ2) is 6.76. The number of sulfonamides is 1. The maximum Gasteiger partial charge on any atom is 0.337 e. The summed E-state index contributed by atoms with van der Waals surface area (Å²) in [6.45, 7) is 1.52. The standard InChI is InChI=1S/C11H11N5O6S2/c1-5-12-9(15-11(13-5)22-2)14-10(19)16-24(20,21)7-4-23-3-6(7)8(17)18/h3-4H,1-2H3,(H,17,18)(H2,12,13,14,15,16,19). The van der Waals surface area contributed by atoms with Crippen LogP contribution in [0.4, 0.5) is 10.7 Å². The summed E-state index contributed by atoms with van der Waals surface area (Å²) in [6, 6.07) is -1.23. The lowest BCUT2D eigenvalue weighted by Crippen LogP contribution is -2.35. The Labute approximate surface area is 139 Å². The SMILES string of the molecule is COc1nc(C)nc(NC(=O)NS(=O)(=O)c2cscc2C(=O)O)n1. The van der Waals surface area contributed by atoms with Crippen molar-refractivity contribution in [3.05, 3.63) is 22.1 Å². The van der Waals surface area contributed by atoms with E-state index < -0.39 is 32.5 Å². The number of methoxy groups -OCH3 is 1. The fourth-order valence-electron chi connectivity index (χ4n) is 1.56. The van der Waals surface area contributed by atoms with E-state index in [9.17, 15) is 18.0 Å². The van der Waals surface area contributed by atoms with E-state index in [1.165, 1.54) is 14.0 Å². The van der Waals surface area contributed by atoms with Gasteiger partial charge in [0.25, 0.3) is 10.0 Å². The van der Waals surface area contributed by atoms with E-state index in [2.05, 4.69) is 20.3 Å². The quantitative estimate of drug-likeness (QED) is 0.676. The molecule has 2 heterocycles. The normalized spacial score (nSPS) is 10.9. The fraction of sp³-hybridized carbons (Fsp3) is 0.182. The highest BCUT2D eigenvalue weighted by Gasteiger charge is 2.25. The number of anilines is 1. The number of rotatable bonds is 5. The van der Waals surface area contributed by atoms with Gasteiger partial charge in [0.15, 0.2) is 0 Å². The van der Waals surface area contributed by atoms with Crippen LogP contribution < -0.4 is 14.8 Å². The number of carbonyl (C=O) groups excluding carboxylic acids is 1. The third-order valence-electron chi connectivity index (χ3n) is 2.51. The number of aryl methyl sites for hydroxylation is 1. The summed E-state index contributed by atoms with van der Waals surface area (Å²) >= 11 is 0.878. The Morgan fingerprint density at radius 1 is 1.25 bits per heavy atom. The average molecular weight is 373 g/mol. The monoisotopic (exact) mass is 373 g/mol. The van der Waals surface area contributed by atoms with Gasteiger partial charge in [-0.3, -0.25) is 5.32 Å². The van der Waals surface area contributed by atoms with Crippen molar-refractivity contribution in [1.29, 1.82) is 0 Å². The van der Waals surface area contributed by atoms with Gasteiger partial charge in [-0.15, -0.1) is 0 Å². The molecule has 0 aliphatic heterocycles. The zero-order chi connectivity index (χ0) is 17.9. The Hall–Kier alpha value is -2.80. The molecule has 2 amide bonds. The van der Waals surface area contributed by atoms with Crippen molar-refractivity contribution in [1.82, 2.24) is 19.7 Å². The topological polar surface area (TPSA) is 160 Å². The minimum absolute atomic E-state index is 0.0633. The van der Waals surface area contributed by atoms with Crippen LogP contribution in [0.15, 0.2) is 15.7 Å². The smallest absolute Gasteiger partial charge is 0.337 e. The Morgan fingerprint density at radius 2 is 1.96 bits per heavy atom. The minimum atomic E-state index is -4.37. The van der Waals surface area contributed by atoms with Crippen LogP contribution in [-0.4, -0.2) is 47.6 Å². The van der Waals surface area contributed by atoms with Crippen molar-refractivity contribution in [2.24, 2.45) is 0 Å². The minimum Gasteiger partial charge on any atom is -0.478 e. The van der Waals surface area contributed by atoms with E-state index >= 15 is 0 Å². The number of ether oxygens (including phenoxy) is 1. The van der Waals surface area contributed by atoms with E-state index in [0.29, 0.717) is 0 Å². The van der Waals surface area contributed by atoms with Crippen LogP contribution >= 0.6 is 11.3 Å². The van der Waals surface area contributed by atoms with Gasteiger partial charge in [-0.25, -0.2) is 22.7 Å². The largest absolute Gasteiger partial charge is 0.478 e. The van der Waals surface area contributed by atoms with E-state index in [4.69, 9.17) is 9.84 Å². The molecule has 2 rings (SSSR count). The predicted molar refractivity (Wildman–Crippen MR) is 81.7 cm³/mol. The molecule has 24 heavy (non-hydrogen) atoms. The van der Waals surface area contributed by atoms with Crippen molar-refractivity contribution in [2.75, 3.05) is 12.4 Å². The number of carbonyl (C=O) groups is 2. The molecule has 0 saturated carbocycles. The molecule has 2 aromatic heterocycles. The maximum atomic E-state index is 12.1. The van der Waals surface area contributed by atoms with E-state index in [1.54, 1.807) is 4.72 Å². The first-order chi connectivity index (χ1) is 11.2. The lowest BCUT2D eigenvalue weighted by Gasteiger charge is -2.08. The van der Waals surface area contributed by atoms with Gasteiger partial charge in [0.1, 0.15) is 10.7 Å². The highest BCUT2D eigenvalue weighted by Crippen LogP contribution is 2.20. The molecule has 128 valence electrons. The molecule has 13 heteroatoms. The Balaban J connectivity index is 2.18. The summed E-state index contributed by atoms with van der Waals surface area (Å²) in [5.41, 5.74) is -0.432. The van der Waals surface area contributed by atoms with E-state index in [-0.39, 0.29) is 17.8 Å². The van der Waals surface area contributed by atoms with Gasteiger partial charge in [-0.05, 0) is 6.92 Å². The van der Waals surface area contributed by atoms with Crippen molar-refractivity contribution in [3.8, 4) is 6.01 Å². The van der Waals surface area contributed by atoms with Gasteiger partial charge < -0.3 is 9.84 Å². The molecule has 0 aromatic carbocycles. The molecule has 0 atom stereocenters. The van der Waals surface area contributed by atoms with E-state index in [1.807, 2.05) is 0 Å². The second-order valence-electron chi connectivity index (χ2n) is 4.21. The number of amides is 2. The van der Waals surface area contributed by atoms with Crippen LogP contribution in [0.2, 0.25) is 0 Å². The number of nitrogens with one attached hydrogen (secondary N) is 2. The van der Waals surface area contributed by atoms with Gasteiger partial charge in [0, 0.05) is 10.8 Å². The molecular formula is C11H11N5O6S2. The number of nitrogens with zero attached hydrogens (tertiary/aromatic N) is 3. The zero-order valence-electron chi connectivity index (χ0n) is 12.3. The zero-order valence-corrected chi connectivity index (χ0v) is 13.9. The first kappa shape index (κ1) is 17.6. The summed E-state index contributed by atoms with van der Waals surface area (Å²) in [5, 5.41) is 13.3. The Morgan fingerprint density at radius 3 is 2.58 bits per heavy atom. The van der Waals surface area contributed by atoms with E-state index in [0.717, 1.165) is 22.1 Å². The highest BCUT2D eigenvalue weighted by molar-refractivity contribution is 7.90. The number of aromatic nitrogens is 3. The number of hydrogen-bond acceptors (Lipinski definition) is 9. The predicted octanol–water partition coefficient (Wildman–Crippen LogP) is 0.459. The maximum absolute atomic E-state index is 12.1. The molecule has 0 saturated heterocycles. The van der Waals surface area contributed by atoms with Gasteiger partial charge in [-0.2, -0.15) is 26.3 Å². The molecule has 0 radical (unpaired) electrons. The third kappa shape index (κ3) is 3.94. The van der Waals surface area contributed by atoms with Crippen LogP contribution in [-0.2, 0) is 10.0 Å². The highest BCUT2D eigenvalue weighted by atomic mass is 32.2.